The Hall–Kier alpha value is -0.460. The number of ether oxygens (including phenoxy) is 1. The van der Waals surface area contributed by atoms with Crippen LogP contribution in [0.4, 0.5) is 8.78 Å². The van der Waals surface area contributed by atoms with Crippen molar-refractivity contribution in [1.82, 2.24) is 4.98 Å². The van der Waals surface area contributed by atoms with Gasteiger partial charge in [-0.2, -0.15) is 0 Å². The maximum atomic E-state index is 11.8. The monoisotopic (exact) mass is 299 g/mol. The van der Waals surface area contributed by atoms with E-state index in [1.165, 1.54) is 0 Å². The highest BCUT2D eigenvalue weighted by Gasteiger charge is 2.07. The highest BCUT2D eigenvalue weighted by Crippen LogP contribution is 2.19. The van der Waals surface area contributed by atoms with E-state index in [9.17, 15) is 8.78 Å². The van der Waals surface area contributed by atoms with E-state index in [-0.39, 0.29) is 0 Å². The Bertz CT molecular complexity index is 293. The lowest BCUT2D eigenvalue weighted by molar-refractivity contribution is 0.0812. The molecule has 0 unspecified atom stereocenters. The van der Waals surface area contributed by atoms with Gasteiger partial charge in [0.05, 0.1) is 0 Å². The SMILES string of the molecule is Cc1cnc(I)c(OCC(F)F)c1. The number of pyridine rings is 1. The summed E-state index contributed by atoms with van der Waals surface area (Å²) < 4.78 is 29.1. The molecule has 1 rings (SSSR count). The summed E-state index contributed by atoms with van der Waals surface area (Å²) in [6, 6.07) is 1.69. The fourth-order valence-electron chi connectivity index (χ4n) is 0.780. The molecule has 0 aromatic carbocycles. The normalized spacial score (nSPS) is 10.5. The van der Waals surface area contributed by atoms with Gasteiger partial charge in [-0.1, -0.05) is 0 Å². The second-order valence-electron chi connectivity index (χ2n) is 2.50. The molecule has 2 nitrogen and oxygen atoms in total. The van der Waals surface area contributed by atoms with Crippen LogP contribution in [-0.2, 0) is 0 Å². The van der Waals surface area contributed by atoms with Gasteiger partial charge in [0.2, 0.25) is 0 Å². The van der Waals surface area contributed by atoms with Gasteiger partial charge in [0, 0.05) is 6.20 Å². The van der Waals surface area contributed by atoms with Crippen molar-refractivity contribution in [1.29, 1.82) is 0 Å². The van der Waals surface area contributed by atoms with Crippen molar-refractivity contribution >= 4 is 22.6 Å². The first-order valence-corrected chi connectivity index (χ1v) is 4.70. The van der Waals surface area contributed by atoms with Crippen LogP contribution < -0.4 is 4.74 Å². The van der Waals surface area contributed by atoms with Crippen LogP contribution in [0, 0.1) is 10.6 Å². The molecule has 0 aliphatic rings. The molecular weight excluding hydrogens is 291 g/mol. The van der Waals surface area contributed by atoms with Crippen LogP contribution in [0.5, 0.6) is 5.75 Å². The molecule has 72 valence electrons. The van der Waals surface area contributed by atoms with E-state index in [2.05, 4.69) is 4.98 Å². The Morgan fingerprint density at radius 3 is 2.92 bits per heavy atom. The number of nitrogens with zero attached hydrogens (tertiary/aromatic N) is 1. The van der Waals surface area contributed by atoms with Crippen LogP contribution in [0.25, 0.3) is 0 Å². The molecule has 0 bridgehead atoms. The summed E-state index contributed by atoms with van der Waals surface area (Å²) in [4.78, 5) is 3.97. The number of halogens is 3. The van der Waals surface area contributed by atoms with Crippen LogP contribution >= 0.6 is 22.6 Å². The Morgan fingerprint density at radius 1 is 1.62 bits per heavy atom. The minimum atomic E-state index is -2.45. The van der Waals surface area contributed by atoms with E-state index in [4.69, 9.17) is 4.74 Å². The fraction of sp³-hybridized carbons (Fsp3) is 0.375. The molecule has 0 radical (unpaired) electrons. The van der Waals surface area contributed by atoms with E-state index >= 15 is 0 Å². The highest BCUT2D eigenvalue weighted by molar-refractivity contribution is 14.1. The number of hydrogen-bond donors (Lipinski definition) is 0. The molecule has 1 aromatic rings. The molecule has 0 aliphatic carbocycles. The number of alkyl halides is 2. The van der Waals surface area contributed by atoms with Crippen molar-refractivity contribution in [3.05, 3.63) is 21.5 Å². The third-order valence-electron chi connectivity index (χ3n) is 1.31. The van der Waals surface area contributed by atoms with E-state index in [1.54, 1.807) is 12.3 Å². The molecule has 0 fully saturated rings. The number of hydrogen-bond acceptors (Lipinski definition) is 2. The zero-order valence-electron chi connectivity index (χ0n) is 6.93. The highest BCUT2D eigenvalue weighted by atomic mass is 127. The molecule has 0 atom stereocenters. The van der Waals surface area contributed by atoms with Crippen molar-refractivity contribution in [2.24, 2.45) is 0 Å². The smallest absolute Gasteiger partial charge is 0.272 e. The largest absolute Gasteiger partial charge is 0.485 e. The zero-order valence-corrected chi connectivity index (χ0v) is 9.09. The lowest BCUT2D eigenvalue weighted by Gasteiger charge is -2.07. The molecule has 1 aromatic heterocycles. The Morgan fingerprint density at radius 2 is 2.31 bits per heavy atom. The molecule has 13 heavy (non-hydrogen) atoms. The van der Waals surface area contributed by atoms with Gasteiger partial charge in [0.15, 0.2) is 5.75 Å². The van der Waals surface area contributed by atoms with Crippen LogP contribution in [0.2, 0.25) is 0 Å². The molecular formula is C8H8F2INO. The summed E-state index contributed by atoms with van der Waals surface area (Å²) in [5.74, 6) is 0.418. The van der Waals surface area contributed by atoms with Gasteiger partial charge in [0.1, 0.15) is 10.3 Å². The maximum Gasteiger partial charge on any atom is 0.272 e. The Balaban J connectivity index is 2.70. The molecule has 0 N–H and O–H groups in total. The maximum absolute atomic E-state index is 11.8. The first kappa shape index (κ1) is 10.6. The van der Waals surface area contributed by atoms with Gasteiger partial charge in [-0.05, 0) is 41.1 Å². The lowest BCUT2D eigenvalue weighted by atomic mass is 10.3. The fourth-order valence-corrected chi connectivity index (χ4v) is 1.23. The van der Waals surface area contributed by atoms with Gasteiger partial charge in [-0.15, -0.1) is 0 Å². The zero-order chi connectivity index (χ0) is 9.84. The molecule has 5 heteroatoms. The average molecular weight is 299 g/mol. The summed E-state index contributed by atoms with van der Waals surface area (Å²) in [6.45, 7) is 1.25. The molecule has 0 saturated heterocycles. The first-order valence-electron chi connectivity index (χ1n) is 3.62. The van der Waals surface area contributed by atoms with Crippen molar-refractivity contribution in [3.8, 4) is 5.75 Å². The van der Waals surface area contributed by atoms with Gasteiger partial charge in [0.25, 0.3) is 6.43 Å². The van der Waals surface area contributed by atoms with Crippen molar-refractivity contribution in [3.63, 3.8) is 0 Å². The number of aryl methyl sites for hydroxylation is 1. The molecule has 0 amide bonds. The van der Waals surface area contributed by atoms with Gasteiger partial charge < -0.3 is 4.74 Å². The van der Waals surface area contributed by atoms with Crippen LogP contribution in [0.3, 0.4) is 0 Å². The van der Waals surface area contributed by atoms with Crippen LogP contribution in [0.1, 0.15) is 5.56 Å². The second kappa shape index (κ2) is 4.69. The Labute approximate surface area is 88.5 Å². The number of rotatable bonds is 3. The Kier molecular flexibility index (Phi) is 3.83. The van der Waals surface area contributed by atoms with Crippen molar-refractivity contribution in [2.45, 2.75) is 13.3 Å². The standard InChI is InChI=1S/C8H8F2INO/c1-5-2-6(8(11)12-3-5)13-4-7(9)10/h2-3,7H,4H2,1H3. The topological polar surface area (TPSA) is 22.1 Å². The quantitative estimate of drug-likeness (QED) is 0.632. The third-order valence-corrected chi connectivity index (χ3v) is 2.12. The molecule has 0 saturated carbocycles. The van der Waals surface area contributed by atoms with Gasteiger partial charge in [-0.25, -0.2) is 13.8 Å². The summed E-state index contributed by atoms with van der Waals surface area (Å²) >= 11 is 1.94. The van der Waals surface area contributed by atoms with Gasteiger partial charge in [-0.3, -0.25) is 0 Å². The molecule has 1 heterocycles. The lowest BCUT2D eigenvalue weighted by Crippen LogP contribution is -2.08. The summed E-state index contributed by atoms with van der Waals surface area (Å²) in [7, 11) is 0. The summed E-state index contributed by atoms with van der Waals surface area (Å²) in [6.07, 6.45) is -0.784. The van der Waals surface area contributed by atoms with Crippen LogP contribution in [0.15, 0.2) is 12.3 Å². The predicted octanol–water partition coefficient (Wildman–Crippen LogP) is 2.64. The first-order chi connectivity index (χ1) is 6.09. The summed E-state index contributed by atoms with van der Waals surface area (Å²) in [5, 5.41) is 0. The predicted molar refractivity (Wildman–Crippen MR) is 53.2 cm³/mol. The van der Waals surface area contributed by atoms with E-state index < -0.39 is 13.0 Å². The molecule has 0 aliphatic heterocycles. The minimum absolute atomic E-state index is 0.418. The van der Waals surface area contributed by atoms with Gasteiger partial charge >= 0.3 is 0 Å². The second-order valence-corrected chi connectivity index (χ2v) is 3.53. The molecule has 0 spiro atoms. The van der Waals surface area contributed by atoms with E-state index in [1.807, 2.05) is 29.5 Å². The summed E-state index contributed by atoms with van der Waals surface area (Å²) in [5.41, 5.74) is 0.893. The number of aromatic nitrogens is 1. The van der Waals surface area contributed by atoms with E-state index in [0.717, 1.165) is 5.56 Å². The van der Waals surface area contributed by atoms with Crippen molar-refractivity contribution in [2.75, 3.05) is 6.61 Å². The average Bonchev–Trinajstić information content (AvgIpc) is 2.06. The minimum Gasteiger partial charge on any atom is -0.485 e. The van der Waals surface area contributed by atoms with Crippen molar-refractivity contribution < 1.29 is 13.5 Å². The van der Waals surface area contributed by atoms with Crippen LogP contribution in [-0.4, -0.2) is 18.0 Å². The van der Waals surface area contributed by atoms with E-state index in [0.29, 0.717) is 9.45 Å². The third kappa shape index (κ3) is 3.41.